The van der Waals surface area contributed by atoms with E-state index in [9.17, 15) is 14.4 Å². The summed E-state index contributed by atoms with van der Waals surface area (Å²) >= 11 is 0. The molecule has 2 bridgehead atoms. The van der Waals surface area contributed by atoms with Crippen LogP contribution in [0.1, 0.15) is 35.2 Å². The zero-order chi connectivity index (χ0) is 19.4. The number of aryl methyl sites for hydroxylation is 1. The lowest BCUT2D eigenvalue weighted by Crippen LogP contribution is -2.32. The third-order valence-corrected chi connectivity index (χ3v) is 6.52. The molecule has 1 heterocycles. The monoisotopic (exact) mass is 375 g/mol. The predicted octanol–water partition coefficient (Wildman–Crippen LogP) is 3.75. The summed E-state index contributed by atoms with van der Waals surface area (Å²) in [6, 6.07) is 13.8. The number of rotatable bonds is 3. The SMILES string of the molecule is Cc1ccc(C(=O)Oc2ccc(N3C(=O)[C@@H]4[C@@H]5CC[C@@H](C5)[C@@H]4C3=O)cc2)cc1. The number of nitrogens with zero attached hydrogens (tertiary/aromatic N) is 1. The van der Waals surface area contributed by atoms with Gasteiger partial charge in [0.25, 0.3) is 0 Å². The number of hydrogen-bond acceptors (Lipinski definition) is 4. The van der Waals surface area contributed by atoms with Gasteiger partial charge in [-0.1, -0.05) is 17.7 Å². The van der Waals surface area contributed by atoms with Gasteiger partial charge in [0.05, 0.1) is 23.1 Å². The highest BCUT2D eigenvalue weighted by Crippen LogP contribution is 2.56. The molecule has 2 aliphatic carbocycles. The number of anilines is 1. The molecule has 0 N–H and O–H groups in total. The average Bonchev–Trinajstić information content (AvgIpc) is 3.37. The Bertz CT molecular complexity index is 935. The summed E-state index contributed by atoms with van der Waals surface area (Å²) < 4.78 is 5.40. The van der Waals surface area contributed by atoms with Crippen LogP contribution in [0.3, 0.4) is 0 Å². The Kier molecular flexibility index (Phi) is 3.86. The molecule has 3 aliphatic rings. The van der Waals surface area contributed by atoms with E-state index >= 15 is 0 Å². The number of amides is 2. The van der Waals surface area contributed by atoms with Gasteiger partial charge in [0.1, 0.15) is 5.75 Å². The van der Waals surface area contributed by atoms with Crippen LogP contribution in [0, 0.1) is 30.6 Å². The summed E-state index contributed by atoms with van der Waals surface area (Å²) in [6.45, 7) is 1.95. The minimum atomic E-state index is -0.438. The van der Waals surface area contributed by atoms with Crippen molar-refractivity contribution in [3.8, 4) is 5.75 Å². The Morgan fingerprint density at radius 3 is 2.04 bits per heavy atom. The van der Waals surface area contributed by atoms with E-state index < -0.39 is 5.97 Å². The second-order valence-corrected chi connectivity index (χ2v) is 8.15. The number of fused-ring (bicyclic) bond motifs is 5. The van der Waals surface area contributed by atoms with Crippen LogP contribution >= 0.6 is 0 Å². The van der Waals surface area contributed by atoms with E-state index in [-0.39, 0.29) is 23.7 Å². The number of ether oxygens (including phenoxy) is 1. The van der Waals surface area contributed by atoms with Crippen molar-refractivity contribution in [2.45, 2.75) is 26.2 Å². The molecule has 2 saturated carbocycles. The number of carbonyl (C=O) groups excluding carboxylic acids is 3. The standard InChI is InChI=1S/C23H21NO4/c1-13-2-4-14(5-3-13)23(27)28-18-10-8-17(9-11-18)24-21(25)19-15-6-7-16(12-15)20(19)22(24)26/h2-5,8-11,15-16,19-20H,6-7,12H2,1H3/t15-,16+,19-,20+. The van der Waals surface area contributed by atoms with Crippen LogP contribution in [0.4, 0.5) is 5.69 Å². The Morgan fingerprint density at radius 2 is 1.46 bits per heavy atom. The number of esters is 1. The molecule has 4 atom stereocenters. The highest BCUT2D eigenvalue weighted by Gasteiger charge is 2.61. The normalized spacial score (nSPS) is 28.0. The molecular formula is C23H21NO4. The number of hydrogen-bond donors (Lipinski definition) is 0. The first-order valence-electron chi connectivity index (χ1n) is 9.79. The fraction of sp³-hybridized carbons (Fsp3) is 0.348. The molecule has 5 heteroatoms. The van der Waals surface area contributed by atoms with Gasteiger partial charge in [-0.3, -0.25) is 14.5 Å². The summed E-state index contributed by atoms with van der Waals surface area (Å²) in [5.74, 6) is 0.284. The molecule has 5 rings (SSSR count). The van der Waals surface area contributed by atoms with Crippen LogP contribution in [0.2, 0.25) is 0 Å². The quantitative estimate of drug-likeness (QED) is 0.466. The van der Waals surface area contributed by atoms with Crippen LogP contribution in [0.15, 0.2) is 48.5 Å². The Balaban J connectivity index is 1.33. The van der Waals surface area contributed by atoms with Crippen molar-refractivity contribution in [1.29, 1.82) is 0 Å². The van der Waals surface area contributed by atoms with Crippen molar-refractivity contribution >= 4 is 23.5 Å². The van der Waals surface area contributed by atoms with Crippen molar-refractivity contribution in [3.05, 3.63) is 59.7 Å². The molecule has 2 aromatic rings. The Hall–Kier alpha value is -2.95. The van der Waals surface area contributed by atoms with E-state index in [1.165, 1.54) is 4.90 Å². The minimum absolute atomic E-state index is 0.0633. The molecule has 1 saturated heterocycles. The highest BCUT2D eigenvalue weighted by molar-refractivity contribution is 6.22. The maximum atomic E-state index is 12.9. The van der Waals surface area contributed by atoms with E-state index in [4.69, 9.17) is 4.74 Å². The molecule has 2 aromatic carbocycles. The Morgan fingerprint density at radius 1 is 0.893 bits per heavy atom. The van der Waals surface area contributed by atoms with Crippen LogP contribution in [0.25, 0.3) is 0 Å². The maximum absolute atomic E-state index is 12.9. The first-order valence-corrected chi connectivity index (χ1v) is 9.79. The van der Waals surface area contributed by atoms with Gasteiger partial charge in [-0.25, -0.2) is 4.79 Å². The van der Waals surface area contributed by atoms with E-state index in [2.05, 4.69) is 0 Å². The summed E-state index contributed by atoms with van der Waals surface area (Å²) in [6.07, 6.45) is 3.15. The molecule has 1 aliphatic heterocycles. The molecular weight excluding hydrogens is 354 g/mol. The van der Waals surface area contributed by atoms with Crippen LogP contribution < -0.4 is 9.64 Å². The van der Waals surface area contributed by atoms with Gasteiger partial charge in [0, 0.05) is 0 Å². The van der Waals surface area contributed by atoms with Crippen LogP contribution in [-0.4, -0.2) is 17.8 Å². The summed E-state index contributed by atoms with van der Waals surface area (Å²) in [7, 11) is 0. The first kappa shape index (κ1) is 17.2. The lowest BCUT2D eigenvalue weighted by molar-refractivity contribution is -0.123. The summed E-state index contributed by atoms with van der Waals surface area (Å²) in [5.41, 5.74) is 2.10. The van der Waals surface area contributed by atoms with Gasteiger partial charge < -0.3 is 4.74 Å². The van der Waals surface area contributed by atoms with Gasteiger partial charge in [-0.2, -0.15) is 0 Å². The van der Waals surface area contributed by atoms with Crippen LogP contribution in [-0.2, 0) is 9.59 Å². The highest BCUT2D eigenvalue weighted by atomic mass is 16.5. The molecule has 2 amide bonds. The van der Waals surface area contributed by atoms with Crippen molar-refractivity contribution in [3.63, 3.8) is 0 Å². The average molecular weight is 375 g/mol. The number of carbonyl (C=O) groups is 3. The molecule has 0 unspecified atom stereocenters. The first-order chi connectivity index (χ1) is 13.5. The van der Waals surface area contributed by atoms with Crippen LogP contribution in [0.5, 0.6) is 5.75 Å². The summed E-state index contributed by atoms with van der Waals surface area (Å²) in [4.78, 5) is 39.3. The molecule has 5 nitrogen and oxygen atoms in total. The number of imide groups is 1. The van der Waals surface area contributed by atoms with Gasteiger partial charge >= 0.3 is 5.97 Å². The second kappa shape index (κ2) is 6.30. The molecule has 3 fully saturated rings. The zero-order valence-corrected chi connectivity index (χ0v) is 15.6. The topological polar surface area (TPSA) is 63.7 Å². The Labute approximate surface area is 163 Å². The minimum Gasteiger partial charge on any atom is -0.423 e. The third kappa shape index (κ3) is 2.57. The van der Waals surface area contributed by atoms with E-state index in [0.717, 1.165) is 24.8 Å². The fourth-order valence-corrected chi connectivity index (χ4v) is 5.18. The predicted molar refractivity (Wildman–Crippen MR) is 103 cm³/mol. The zero-order valence-electron chi connectivity index (χ0n) is 15.6. The fourth-order valence-electron chi connectivity index (χ4n) is 5.18. The van der Waals surface area contributed by atoms with Crippen molar-refractivity contribution in [1.82, 2.24) is 0 Å². The molecule has 28 heavy (non-hydrogen) atoms. The van der Waals surface area contributed by atoms with Crippen molar-refractivity contribution in [2.75, 3.05) is 4.90 Å². The molecule has 0 aromatic heterocycles. The van der Waals surface area contributed by atoms with Gasteiger partial charge in [0.2, 0.25) is 11.8 Å². The smallest absolute Gasteiger partial charge is 0.343 e. The molecule has 0 radical (unpaired) electrons. The molecule has 0 spiro atoms. The maximum Gasteiger partial charge on any atom is 0.343 e. The van der Waals surface area contributed by atoms with E-state index in [0.29, 0.717) is 28.8 Å². The van der Waals surface area contributed by atoms with Gasteiger partial charge in [-0.15, -0.1) is 0 Å². The lowest BCUT2D eigenvalue weighted by Gasteiger charge is -2.19. The summed E-state index contributed by atoms with van der Waals surface area (Å²) in [5, 5.41) is 0. The van der Waals surface area contributed by atoms with E-state index in [1.807, 2.05) is 19.1 Å². The lowest BCUT2D eigenvalue weighted by atomic mass is 9.81. The third-order valence-electron chi connectivity index (χ3n) is 6.52. The van der Waals surface area contributed by atoms with Crippen molar-refractivity contribution < 1.29 is 19.1 Å². The van der Waals surface area contributed by atoms with Gasteiger partial charge in [-0.05, 0) is 74.4 Å². The van der Waals surface area contributed by atoms with Crippen molar-refractivity contribution in [2.24, 2.45) is 23.7 Å². The largest absolute Gasteiger partial charge is 0.423 e. The molecule has 142 valence electrons. The van der Waals surface area contributed by atoms with Gasteiger partial charge in [0.15, 0.2) is 0 Å². The second-order valence-electron chi connectivity index (χ2n) is 8.15. The number of benzene rings is 2. The van der Waals surface area contributed by atoms with E-state index in [1.54, 1.807) is 36.4 Å².